The highest BCUT2D eigenvalue weighted by molar-refractivity contribution is 7.60. The van der Waals surface area contributed by atoms with Gasteiger partial charge >= 0.3 is 27.7 Å². The summed E-state index contributed by atoms with van der Waals surface area (Å²) < 4.78 is 83.6. The molecule has 220 valence electrons. The van der Waals surface area contributed by atoms with Gasteiger partial charge in [0.1, 0.15) is 29.8 Å². The fraction of sp³-hybridized carbons (Fsp3) is 0.389. The fourth-order valence-electron chi connectivity index (χ4n) is 3.72. The Balaban J connectivity index is 1.58. The van der Waals surface area contributed by atoms with E-state index < -0.39 is 76.7 Å². The Bertz CT molecular complexity index is 1610. The molecule has 0 aliphatic carbocycles. The third-order valence-electron chi connectivity index (χ3n) is 5.38. The van der Waals surface area contributed by atoms with Crippen LogP contribution in [-0.4, -0.2) is 70.5 Å². The molecular formula is C18H18F3N3O14P2. The number of hydrogen-bond acceptors (Lipinski definition) is 12. The van der Waals surface area contributed by atoms with Crippen LogP contribution in [0.5, 0.6) is 5.75 Å². The van der Waals surface area contributed by atoms with Crippen LogP contribution >= 0.6 is 15.6 Å². The van der Waals surface area contributed by atoms with Gasteiger partial charge in [-0.25, -0.2) is 13.9 Å². The van der Waals surface area contributed by atoms with Gasteiger partial charge in [-0.05, 0) is 18.2 Å². The highest BCUT2D eigenvalue weighted by Crippen LogP contribution is 2.57. The molecule has 2 aromatic heterocycles. The minimum Gasteiger partial charge on any atom is -0.406 e. The molecule has 1 aromatic carbocycles. The van der Waals surface area contributed by atoms with Crippen LogP contribution < -0.4 is 16.0 Å². The first-order valence-corrected chi connectivity index (χ1v) is 13.7. The molecule has 1 saturated heterocycles. The maximum absolute atomic E-state index is 13.1. The number of nitrogens with zero attached hydrogens (tertiary/aromatic N) is 3. The average molecular weight is 619 g/mol. The van der Waals surface area contributed by atoms with Crippen molar-refractivity contribution in [2.75, 3.05) is 6.61 Å². The monoisotopic (exact) mass is 619 g/mol. The second-order valence-electron chi connectivity index (χ2n) is 8.15. The molecule has 5 N–H and O–H groups in total. The number of aliphatic hydroxyl groups is 2. The number of rotatable bonds is 9. The number of aliphatic hydroxyl groups excluding tert-OH is 2. The second-order valence-corrected chi connectivity index (χ2v) is 11.0. The van der Waals surface area contributed by atoms with Crippen molar-refractivity contribution >= 4 is 26.6 Å². The largest absolute Gasteiger partial charge is 0.573 e. The lowest BCUT2D eigenvalue weighted by Crippen LogP contribution is -2.43. The van der Waals surface area contributed by atoms with Crippen LogP contribution in [0.1, 0.15) is 11.9 Å². The van der Waals surface area contributed by atoms with Gasteiger partial charge in [0, 0.05) is 12.3 Å². The van der Waals surface area contributed by atoms with Crippen LogP contribution in [0.15, 0.2) is 44.6 Å². The Labute approximate surface area is 218 Å². The number of phosphoric ester groups is 1. The third kappa shape index (κ3) is 6.87. The van der Waals surface area contributed by atoms with Gasteiger partial charge in [-0.3, -0.25) is 18.5 Å². The predicted molar refractivity (Wildman–Crippen MR) is 120 cm³/mol. The van der Waals surface area contributed by atoms with E-state index in [2.05, 4.69) is 18.7 Å². The fourth-order valence-corrected chi connectivity index (χ4v) is 5.32. The van der Waals surface area contributed by atoms with Crippen molar-refractivity contribution < 1.29 is 70.0 Å². The first-order chi connectivity index (χ1) is 18.4. The van der Waals surface area contributed by atoms with Gasteiger partial charge in [0.05, 0.1) is 18.5 Å². The molecule has 3 aromatic rings. The van der Waals surface area contributed by atoms with Gasteiger partial charge in [-0.1, -0.05) is 5.16 Å². The van der Waals surface area contributed by atoms with E-state index in [-0.39, 0.29) is 16.7 Å². The van der Waals surface area contributed by atoms with E-state index in [0.717, 1.165) is 30.5 Å². The zero-order valence-corrected chi connectivity index (χ0v) is 21.2. The standard InChI is InChI=1S/C18H18F3N3O14P2/c19-18(20,21)36-8-1-2-11-9(5-8)10(22-37-11)6-24-13(25)3-4-23(17(24)28)16-15(27)14(26)12(35-16)7-34-40(32,33)38-39(29,30)31/h1-5,12,14-16,26-27H,6-7H2,(H,32,33)(H2,29,30,31)/t12-,14-,15-,16-/m1/s1. The summed E-state index contributed by atoms with van der Waals surface area (Å²) in [7, 11) is -10.8. The SMILES string of the molecule is O=c1ccn([C@@H]2O[C@H](COP(=O)(O)OP(=O)(O)O)[C@@H](O)[C@H]2O)c(=O)n1Cc1noc2ccc(OC(F)(F)F)cc12. The molecule has 40 heavy (non-hydrogen) atoms. The van der Waals surface area contributed by atoms with E-state index in [4.69, 9.17) is 19.0 Å². The predicted octanol–water partition coefficient (Wildman–Crippen LogP) is -0.0564. The van der Waals surface area contributed by atoms with E-state index in [1.165, 1.54) is 0 Å². The quantitative estimate of drug-likeness (QED) is 0.197. The van der Waals surface area contributed by atoms with Crippen molar-refractivity contribution in [2.45, 2.75) is 37.4 Å². The summed E-state index contributed by atoms with van der Waals surface area (Å²) in [6.07, 6.45) is -11.2. The highest BCUT2D eigenvalue weighted by atomic mass is 31.3. The van der Waals surface area contributed by atoms with Crippen molar-refractivity contribution in [3.63, 3.8) is 0 Å². The summed E-state index contributed by atoms with van der Waals surface area (Å²) >= 11 is 0. The molecule has 0 saturated carbocycles. The van der Waals surface area contributed by atoms with Crippen LogP contribution in [0, 0.1) is 0 Å². The number of halogens is 3. The molecule has 5 atom stereocenters. The van der Waals surface area contributed by atoms with Gasteiger partial charge in [0.2, 0.25) is 0 Å². The molecule has 0 bridgehead atoms. The topological polar surface area (TPSA) is 242 Å². The van der Waals surface area contributed by atoms with E-state index >= 15 is 0 Å². The van der Waals surface area contributed by atoms with Gasteiger partial charge in [0.25, 0.3) is 5.56 Å². The van der Waals surface area contributed by atoms with E-state index in [9.17, 15) is 47.0 Å². The van der Waals surface area contributed by atoms with E-state index in [1.807, 2.05) is 0 Å². The lowest BCUT2D eigenvalue weighted by molar-refractivity contribution is -0.274. The first-order valence-electron chi connectivity index (χ1n) is 10.7. The normalized spacial score (nSPS) is 23.4. The van der Waals surface area contributed by atoms with Crippen molar-refractivity contribution in [3.05, 3.63) is 57.0 Å². The van der Waals surface area contributed by atoms with Crippen LogP contribution in [0.3, 0.4) is 0 Å². The molecule has 0 amide bonds. The summed E-state index contributed by atoms with van der Waals surface area (Å²) in [5, 5.41) is 24.3. The summed E-state index contributed by atoms with van der Waals surface area (Å²) in [6, 6.07) is 3.89. The van der Waals surface area contributed by atoms with Crippen molar-refractivity contribution in [3.8, 4) is 5.75 Å². The summed E-state index contributed by atoms with van der Waals surface area (Å²) in [6.45, 7) is -1.66. The maximum atomic E-state index is 13.1. The zero-order chi connectivity index (χ0) is 29.6. The molecule has 22 heteroatoms. The Morgan fingerprint density at radius 2 is 1.77 bits per heavy atom. The number of ether oxygens (including phenoxy) is 2. The summed E-state index contributed by atoms with van der Waals surface area (Å²) in [4.78, 5) is 52.3. The molecule has 0 spiro atoms. The number of aromatic nitrogens is 3. The number of hydrogen-bond donors (Lipinski definition) is 5. The van der Waals surface area contributed by atoms with Gasteiger partial charge in [0.15, 0.2) is 11.8 Å². The highest BCUT2D eigenvalue weighted by Gasteiger charge is 2.46. The Hall–Kier alpha value is -2.90. The Morgan fingerprint density at radius 3 is 2.42 bits per heavy atom. The van der Waals surface area contributed by atoms with Crippen LogP contribution in [0.2, 0.25) is 0 Å². The Kier molecular flexibility index (Phi) is 8.14. The van der Waals surface area contributed by atoms with E-state index in [0.29, 0.717) is 9.13 Å². The molecule has 1 aliphatic rings. The molecule has 1 aliphatic heterocycles. The molecule has 3 heterocycles. The average Bonchev–Trinajstić information content (AvgIpc) is 3.33. The molecule has 1 unspecified atom stereocenters. The van der Waals surface area contributed by atoms with Crippen LogP contribution in [0.25, 0.3) is 11.0 Å². The minimum atomic E-state index is -5.44. The number of phosphoric acid groups is 2. The number of alkyl halides is 3. The molecule has 0 radical (unpaired) electrons. The third-order valence-corrected chi connectivity index (χ3v) is 7.53. The molecular weight excluding hydrogens is 601 g/mol. The van der Waals surface area contributed by atoms with Gasteiger partial charge in [-0.15, -0.1) is 13.2 Å². The lowest BCUT2D eigenvalue weighted by Gasteiger charge is -2.19. The number of benzene rings is 1. The van der Waals surface area contributed by atoms with Crippen LogP contribution in [0.4, 0.5) is 13.2 Å². The smallest absolute Gasteiger partial charge is 0.406 e. The Morgan fingerprint density at radius 1 is 1.07 bits per heavy atom. The molecule has 17 nitrogen and oxygen atoms in total. The van der Waals surface area contributed by atoms with Crippen molar-refractivity contribution in [1.29, 1.82) is 0 Å². The first kappa shape index (κ1) is 30.1. The van der Waals surface area contributed by atoms with Gasteiger partial charge in [-0.2, -0.15) is 4.31 Å². The summed E-state index contributed by atoms with van der Waals surface area (Å²) in [5.41, 5.74) is -2.16. The van der Waals surface area contributed by atoms with E-state index in [1.54, 1.807) is 0 Å². The lowest BCUT2D eigenvalue weighted by atomic mass is 10.1. The number of fused-ring (bicyclic) bond motifs is 1. The van der Waals surface area contributed by atoms with Gasteiger partial charge < -0.3 is 38.9 Å². The second kappa shape index (κ2) is 10.8. The maximum Gasteiger partial charge on any atom is 0.573 e. The minimum absolute atomic E-state index is 0.0123. The summed E-state index contributed by atoms with van der Waals surface area (Å²) in [5.74, 6) is -0.620. The van der Waals surface area contributed by atoms with Crippen molar-refractivity contribution in [2.24, 2.45) is 0 Å². The van der Waals surface area contributed by atoms with Crippen LogP contribution in [-0.2, 0) is 29.2 Å². The molecule has 1 fully saturated rings. The molecule has 4 rings (SSSR count). The van der Waals surface area contributed by atoms with Crippen molar-refractivity contribution in [1.82, 2.24) is 14.3 Å². The zero-order valence-electron chi connectivity index (χ0n) is 19.4.